The van der Waals surface area contributed by atoms with Gasteiger partial charge in [-0.1, -0.05) is 24.3 Å². The third kappa shape index (κ3) is 3.36. The first-order valence-corrected chi connectivity index (χ1v) is 6.70. The quantitative estimate of drug-likeness (QED) is 0.898. The van der Waals surface area contributed by atoms with Crippen molar-refractivity contribution in [3.63, 3.8) is 0 Å². The van der Waals surface area contributed by atoms with E-state index in [0.717, 1.165) is 28.9 Å². The highest BCUT2D eigenvalue weighted by molar-refractivity contribution is 5.36. The van der Waals surface area contributed by atoms with Crippen LogP contribution in [0.4, 0.5) is 4.39 Å². The van der Waals surface area contributed by atoms with E-state index in [2.05, 4.69) is 5.32 Å². The molecule has 2 aromatic rings. The van der Waals surface area contributed by atoms with Crippen molar-refractivity contribution >= 4 is 0 Å². The summed E-state index contributed by atoms with van der Waals surface area (Å²) in [6, 6.07) is 13.1. The molecule has 0 bridgehead atoms. The van der Waals surface area contributed by atoms with E-state index in [-0.39, 0.29) is 11.9 Å². The molecule has 2 rings (SSSR count). The average molecular weight is 273 g/mol. The molecule has 3 heteroatoms. The predicted molar refractivity (Wildman–Crippen MR) is 79.6 cm³/mol. The fraction of sp³-hybridized carbons (Fsp3) is 0.294. The van der Waals surface area contributed by atoms with Gasteiger partial charge in [-0.15, -0.1) is 0 Å². The van der Waals surface area contributed by atoms with Crippen molar-refractivity contribution in [2.45, 2.75) is 19.4 Å². The van der Waals surface area contributed by atoms with Crippen molar-refractivity contribution in [3.8, 4) is 5.75 Å². The van der Waals surface area contributed by atoms with Crippen molar-refractivity contribution in [3.05, 3.63) is 65.0 Å². The normalized spacial score (nSPS) is 12.2. The van der Waals surface area contributed by atoms with Gasteiger partial charge in [-0.25, -0.2) is 4.39 Å². The Balaban J connectivity index is 2.28. The zero-order valence-electron chi connectivity index (χ0n) is 12.1. The maximum absolute atomic E-state index is 13.6. The van der Waals surface area contributed by atoms with Crippen LogP contribution in [-0.2, 0) is 6.42 Å². The lowest BCUT2D eigenvalue weighted by atomic mass is 9.97. The van der Waals surface area contributed by atoms with Crippen molar-refractivity contribution in [1.29, 1.82) is 0 Å². The number of para-hydroxylation sites is 1. The molecule has 106 valence electrons. The van der Waals surface area contributed by atoms with Crippen LogP contribution in [0.15, 0.2) is 42.5 Å². The second-order valence-corrected chi connectivity index (χ2v) is 4.92. The summed E-state index contributed by atoms with van der Waals surface area (Å²) >= 11 is 0. The van der Waals surface area contributed by atoms with Crippen molar-refractivity contribution in [2.75, 3.05) is 14.2 Å². The summed E-state index contributed by atoms with van der Waals surface area (Å²) in [5, 5.41) is 3.25. The van der Waals surface area contributed by atoms with E-state index in [4.69, 9.17) is 4.74 Å². The molecule has 1 unspecified atom stereocenters. The summed E-state index contributed by atoms with van der Waals surface area (Å²) in [5.41, 5.74) is 2.99. The van der Waals surface area contributed by atoms with Crippen LogP contribution in [0, 0.1) is 12.7 Å². The number of aryl methyl sites for hydroxylation is 1. The van der Waals surface area contributed by atoms with E-state index in [9.17, 15) is 4.39 Å². The van der Waals surface area contributed by atoms with Gasteiger partial charge in [0.2, 0.25) is 0 Å². The second-order valence-electron chi connectivity index (χ2n) is 4.92. The van der Waals surface area contributed by atoms with Gasteiger partial charge in [0.05, 0.1) is 7.11 Å². The van der Waals surface area contributed by atoms with Crippen molar-refractivity contribution < 1.29 is 9.13 Å². The van der Waals surface area contributed by atoms with Crippen molar-refractivity contribution in [1.82, 2.24) is 5.32 Å². The molecule has 0 saturated heterocycles. The molecule has 2 nitrogen and oxygen atoms in total. The molecule has 0 spiro atoms. The first-order valence-electron chi connectivity index (χ1n) is 6.70. The Morgan fingerprint density at radius 3 is 2.60 bits per heavy atom. The largest absolute Gasteiger partial charge is 0.496 e. The highest BCUT2D eigenvalue weighted by Crippen LogP contribution is 2.25. The maximum Gasteiger partial charge on any atom is 0.123 e. The summed E-state index contributed by atoms with van der Waals surface area (Å²) in [5.74, 6) is 0.668. The molecule has 0 aliphatic heterocycles. The SMILES string of the molecule is CNC(Cc1ccccc1OC)c1cc(C)cc(F)c1. The number of benzene rings is 2. The van der Waals surface area contributed by atoms with E-state index in [0.29, 0.717) is 0 Å². The van der Waals surface area contributed by atoms with Gasteiger partial charge in [-0.05, 0) is 55.3 Å². The molecule has 1 N–H and O–H groups in total. The van der Waals surface area contributed by atoms with Gasteiger partial charge >= 0.3 is 0 Å². The third-order valence-corrected chi connectivity index (χ3v) is 3.43. The van der Waals surface area contributed by atoms with Crippen LogP contribution in [-0.4, -0.2) is 14.2 Å². The number of hydrogen-bond acceptors (Lipinski definition) is 2. The average Bonchev–Trinajstić information content (AvgIpc) is 2.44. The van der Waals surface area contributed by atoms with Crippen LogP contribution in [0.2, 0.25) is 0 Å². The van der Waals surface area contributed by atoms with E-state index in [1.807, 2.05) is 44.3 Å². The van der Waals surface area contributed by atoms with Gasteiger partial charge in [-0.2, -0.15) is 0 Å². The van der Waals surface area contributed by atoms with E-state index >= 15 is 0 Å². The summed E-state index contributed by atoms with van der Waals surface area (Å²) < 4.78 is 18.9. The molecule has 0 saturated carbocycles. The fourth-order valence-electron chi connectivity index (χ4n) is 2.44. The Bertz CT molecular complexity index is 563. The fourth-order valence-corrected chi connectivity index (χ4v) is 2.44. The number of rotatable bonds is 5. The number of hydrogen-bond donors (Lipinski definition) is 1. The summed E-state index contributed by atoms with van der Waals surface area (Å²) in [6.45, 7) is 1.91. The number of nitrogens with one attached hydrogen (secondary N) is 1. The zero-order valence-corrected chi connectivity index (χ0v) is 12.1. The minimum absolute atomic E-state index is 0.0562. The smallest absolute Gasteiger partial charge is 0.123 e. The monoisotopic (exact) mass is 273 g/mol. The molecule has 0 amide bonds. The zero-order chi connectivity index (χ0) is 14.5. The Hall–Kier alpha value is -1.87. The summed E-state index contributed by atoms with van der Waals surface area (Å²) in [4.78, 5) is 0. The van der Waals surface area contributed by atoms with Crippen LogP contribution in [0.5, 0.6) is 5.75 Å². The van der Waals surface area contributed by atoms with Crippen molar-refractivity contribution in [2.24, 2.45) is 0 Å². The van der Waals surface area contributed by atoms with Crippen LogP contribution in [0.1, 0.15) is 22.7 Å². The van der Waals surface area contributed by atoms with Crippen LogP contribution < -0.4 is 10.1 Å². The first-order chi connectivity index (χ1) is 9.63. The molecule has 2 aromatic carbocycles. The van der Waals surface area contributed by atoms with Gasteiger partial charge in [-0.3, -0.25) is 0 Å². The number of halogens is 1. The molecule has 0 heterocycles. The molecule has 0 aromatic heterocycles. The molecular formula is C17H20FNO. The topological polar surface area (TPSA) is 21.3 Å². The molecule has 0 aliphatic carbocycles. The Kier molecular flexibility index (Phi) is 4.74. The van der Waals surface area contributed by atoms with Gasteiger partial charge in [0.25, 0.3) is 0 Å². The Morgan fingerprint density at radius 1 is 1.20 bits per heavy atom. The first kappa shape index (κ1) is 14.5. The standard InChI is InChI=1S/C17H20FNO/c1-12-8-14(10-15(18)9-12)16(19-2)11-13-6-4-5-7-17(13)20-3/h4-10,16,19H,11H2,1-3H3. The van der Waals surface area contributed by atoms with E-state index < -0.39 is 0 Å². The molecular weight excluding hydrogens is 253 g/mol. The lowest BCUT2D eigenvalue weighted by molar-refractivity contribution is 0.406. The molecule has 20 heavy (non-hydrogen) atoms. The van der Waals surface area contributed by atoms with E-state index in [1.165, 1.54) is 0 Å². The minimum atomic E-state index is -0.194. The van der Waals surface area contributed by atoms with Gasteiger partial charge in [0.1, 0.15) is 11.6 Å². The highest BCUT2D eigenvalue weighted by atomic mass is 19.1. The molecule has 0 fully saturated rings. The lowest BCUT2D eigenvalue weighted by Crippen LogP contribution is -2.19. The van der Waals surface area contributed by atoms with Crippen LogP contribution >= 0.6 is 0 Å². The van der Waals surface area contributed by atoms with E-state index in [1.54, 1.807) is 19.2 Å². The highest BCUT2D eigenvalue weighted by Gasteiger charge is 2.14. The second kappa shape index (κ2) is 6.53. The summed E-state index contributed by atoms with van der Waals surface area (Å²) in [7, 11) is 3.56. The molecule has 1 atom stereocenters. The maximum atomic E-state index is 13.6. The molecule has 0 radical (unpaired) electrons. The van der Waals surface area contributed by atoms with Gasteiger partial charge in [0.15, 0.2) is 0 Å². The summed E-state index contributed by atoms with van der Waals surface area (Å²) in [6.07, 6.45) is 0.753. The Labute approximate surface area is 119 Å². The number of methoxy groups -OCH3 is 1. The third-order valence-electron chi connectivity index (χ3n) is 3.43. The Morgan fingerprint density at radius 2 is 1.95 bits per heavy atom. The van der Waals surface area contributed by atoms with Gasteiger partial charge < -0.3 is 10.1 Å². The predicted octanol–water partition coefficient (Wildman–Crippen LogP) is 3.65. The van der Waals surface area contributed by atoms with Gasteiger partial charge in [0, 0.05) is 6.04 Å². The molecule has 0 aliphatic rings. The lowest BCUT2D eigenvalue weighted by Gasteiger charge is -2.19. The number of likely N-dealkylation sites (N-methyl/N-ethyl adjacent to an activating group) is 1. The van der Waals surface area contributed by atoms with Crippen LogP contribution in [0.25, 0.3) is 0 Å². The number of ether oxygens (including phenoxy) is 1. The minimum Gasteiger partial charge on any atom is -0.496 e. The van der Waals surface area contributed by atoms with Crippen LogP contribution in [0.3, 0.4) is 0 Å².